The van der Waals surface area contributed by atoms with E-state index < -0.39 is 17.8 Å². The van der Waals surface area contributed by atoms with Crippen LogP contribution in [0.25, 0.3) is 0 Å². The lowest BCUT2D eigenvalue weighted by Crippen LogP contribution is -2.43. The first kappa shape index (κ1) is 20.4. The number of carbonyl (C=O) groups is 2. The van der Waals surface area contributed by atoms with E-state index in [1.54, 1.807) is 34.5 Å². The summed E-state index contributed by atoms with van der Waals surface area (Å²) in [5, 5.41) is 2.68. The summed E-state index contributed by atoms with van der Waals surface area (Å²) < 4.78 is 39.3. The summed E-state index contributed by atoms with van der Waals surface area (Å²) in [4.78, 5) is 26.2. The largest absolute Gasteiger partial charge is 0.416 e. The lowest BCUT2D eigenvalue weighted by atomic mass is 10.0. The van der Waals surface area contributed by atoms with Gasteiger partial charge < -0.3 is 10.2 Å². The highest BCUT2D eigenvalue weighted by Crippen LogP contribution is 2.32. The van der Waals surface area contributed by atoms with E-state index in [1.165, 1.54) is 6.07 Å². The molecule has 2 aliphatic heterocycles. The molecule has 1 aromatic rings. The summed E-state index contributed by atoms with van der Waals surface area (Å²) >= 11 is 3.26. The second-order valence-electron chi connectivity index (χ2n) is 6.56. The third-order valence-electron chi connectivity index (χ3n) is 4.62. The maximum Gasteiger partial charge on any atom is 0.416 e. The van der Waals surface area contributed by atoms with Gasteiger partial charge in [-0.1, -0.05) is 12.1 Å². The van der Waals surface area contributed by atoms with Crippen molar-refractivity contribution in [3.63, 3.8) is 0 Å². The van der Waals surface area contributed by atoms with Gasteiger partial charge in [0.2, 0.25) is 11.8 Å². The Bertz CT molecular complexity index is 693. The van der Waals surface area contributed by atoms with Gasteiger partial charge in [0, 0.05) is 36.8 Å². The molecule has 2 atom stereocenters. The van der Waals surface area contributed by atoms with Gasteiger partial charge in [0.1, 0.15) is 0 Å². The first-order valence-electron chi connectivity index (χ1n) is 8.79. The number of likely N-dealkylation sites (tertiary alicyclic amines) is 1. The zero-order valence-electron chi connectivity index (χ0n) is 14.6. The summed E-state index contributed by atoms with van der Waals surface area (Å²) in [6.45, 7) is 0.759. The van der Waals surface area contributed by atoms with E-state index in [9.17, 15) is 22.8 Å². The first-order valence-corrected chi connectivity index (χ1v) is 11.0. The van der Waals surface area contributed by atoms with E-state index in [2.05, 4.69) is 5.32 Å². The van der Waals surface area contributed by atoms with Crippen LogP contribution in [0.2, 0.25) is 0 Å². The van der Waals surface area contributed by atoms with Crippen LogP contribution in [-0.2, 0) is 15.8 Å². The fraction of sp³-hybridized carbons (Fsp3) is 0.556. The van der Waals surface area contributed by atoms with E-state index in [-0.39, 0.29) is 23.6 Å². The van der Waals surface area contributed by atoms with Crippen LogP contribution in [0.4, 0.5) is 13.2 Å². The topological polar surface area (TPSA) is 49.4 Å². The van der Waals surface area contributed by atoms with Crippen molar-refractivity contribution in [1.29, 1.82) is 0 Å². The van der Waals surface area contributed by atoms with Crippen molar-refractivity contribution in [2.24, 2.45) is 0 Å². The number of nitrogens with one attached hydrogen (secondary N) is 1. The number of benzene rings is 1. The number of alkyl halides is 3. The molecule has 0 aromatic heterocycles. The molecule has 148 valence electrons. The van der Waals surface area contributed by atoms with Crippen LogP contribution >= 0.6 is 23.5 Å². The number of halogens is 3. The van der Waals surface area contributed by atoms with E-state index >= 15 is 0 Å². The molecule has 9 heteroatoms. The zero-order valence-corrected chi connectivity index (χ0v) is 16.3. The average molecular weight is 419 g/mol. The second kappa shape index (κ2) is 8.77. The van der Waals surface area contributed by atoms with Crippen LogP contribution in [0.1, 0.15) is 30.0 Å². The van der Waals surface area contributed by atoms with E-state index in [4.69, 9.17) is 0 Å². The summed E-state index contributed by atoms with van der Waals surface area (Å²) in [5.41, 5.74) is -0.388. The molecular formula is C18H21F3N2O2S2. The van der Waals surface area contributed by atoms with Gasteiger partial charge in [-0.05, 0) is 24.1 Å². The normalized spacial score (nSPS) is 22.0. The van der Waals surface area contributed by atoms with Gasteiger partial charge in [0.05, 0.1) is 16.9 Å². The molecule has 3 rings (SSSR count). The SMILES string of the molecule is O=C(NC(CN1CCCC1=O)c1cccc(C(F)(F)F)c1)C1CSCCS1. The molecule has 2 aliphatic rings. The van der Waals surface area contributed by atoms with Gasteiger partial charge in [0.25, 0.3) is 0 Å². The fourth-order valence-corrected chi connectivity index (χ4v) is 5.75. The van der Waals surface area contributed by atoms with E-state index in [0.717, 1.165) is 30.1 Å². The average Bonchev–Trinajstić information content (AvgIpc) is 3.06. The minimum Gasteiger partial charge on any atom is -0.347 e. The Balaban J connectivity index is 1.80. The lowest BCUT2D eigenvalue weighted by molar-refractivity contribution is -0.137. The molecule has 27 heavy (non-hydrogen) atoms. The summed E-state index contributed by atoms with van der Waals surface area (Å²) in [6, 6.07) is 4.33. The third-order valence-corrected chi connectivity index (χ3v) is 7.37. The fourth-order valence-electron chi connectivity index (χ4n) is 3.19. The van der Waals surface area contributed by atoms with Gasteiger partial charge >= 0.3 is 6.18 Å². The molecule has 2 amide bonds. The van der Waals surface area contributed by atoms with Crippen LogP contribution in [0.5, 0.6) is 0 Å². The molecule has 0 saturated carbocycles. The van der Waals surface area contributed by atoms with E-state index in [0.29, 0.717) is 24.3 Å². The number of nitrogens with zero attached hydrogens (tertiary/aromatic N) is 1. The molecule has 1 N–H and O–H groups in total. The Morgan fingerprint density at radius 3 is 2.78 bits per heavy atom. The van der Waals surface area contributed by atoms with Crippen molar-refractivity contribution in [2.45, 2.75) is 30.3 Å². The molecule has 1 aromatic carbocycles. The molecule has 0 radical (unpaired) electrons. The monoisotopic (exact) mass is 418 g/mol. The molecular weight excluding hydrogens is 397 g/mol. The molecule has 0 bridgehead atoms. The van der Waals surface area contributed by atoms with Gasteiger partial charge in [0.15, 0.2) is 0 Å². The Kier molecular flexibility index (Phi) is 6.62. The number of rotatable bonds is 5. The molecule has 2 heterocycles. The Labute approximate surface area is 164 Å². The van der Waals surface area contributed by atoms with E-state index in [1.807, 2.05) is 0 Å². The van der Waals surface area contributed by atoms with Gasteiger partial charge in [-0.3, -0.25) is 9.59 Å². The van der Waals surface area contributed by atoms with Crippen molar-refractivity contribution in [3.8, 4) is 0 Å². The molecule has 0 spiro atoms. The molecule has 2 fully saturated rings. The molecule has 2 unspecified atom stereocenters. The maximum absolute atomic E-state index is 13.1. The predicted molar refractivity (Wildman–Crippen MR) is 102 cm³/mol. The molecule has 4 nitrogen and oxygen atoms in total. The smallest absolute Gasteiger partial charge is 0.347 e. The van der Waals surface area contributed by atoms with Crippen LogP contribution in [0.15, 0.2) is 24.3 Å². The molecule has 2 saturated heterocycles. The summed E-state index contributed by atoms with van der Waals surface area (Å²) in [7, 11) is 0. The number of carbonyl (C=O) groups excluding carboxylic acids is 2. The number of hydrogen-bond donors (Lipinski definition) is 1. The number of thioether (sulfide) groups is 2. The Morgan fingerprint density at radius 1 is 1.33 bits per heavy atom. The quantitative estimate of drug-likeness (QED) is 0.797. The van der Waals surface area contributed by atoms with Crippen LogP contribution in [0, 0.1) is 0 Å². The van der Waals surface area contributed by atoms with Crippen molar-refractivity contribution in [2.75, 3.05) is 30.3 Å². The van der Waals surface area contributed by atoms with Crippen LogP contribution in [0.3, 0.4) is 0 Å². The highest BCUT2D eigenvalue weighted by atomic mass is 32.2. The number of amides is 2. The van der Waals surface area contributed by atoms with Crippen molar-refractivity contribution in [1.82, 2.24) is 10.2 Å². The maximum atomic E-state index is 13.1. The van der Waals surface area contributed by atoms with Crippen molar-refractivity contribution >= 4 is 35.3 Å². The Morgan fingerprint density at radius 2 is 2.15 bits per heavy atom. The Hall–Kier alpha value is -1.35. The standard InChI is InChI=1S/C18H21F3N2O2S2/c19-18(20,21)13-4-1-3-12(9-13)14(10-23-6-2-5-16(23)24)22-17(25)15-11-26-7-8-27-15/h1,3-4,9,14-15H,2,5-8,10-11H2,(H,22,25). The van der Waals surface area contributed by atoms with Crippen LogP contribution < -0.4 is 5.32 Å². The highest BCUT2D eigenvalue weighted by Gasteiger charge is 2.33. The minimum atomic E-state index is -4.45. The molecule has 0 aliphatic carbocycles. The van der Waals surface area contributed by atoms with Crippen molar-refractivity contribution in [3.05, 3.63) is 35.4 Å². The number of hydrogen-bond acceptors (Lipinski definition) is 4. The van der Waals surface area contributed by atoms with Gasteiger partial charge in [-0.25, -0.2) is 0 Å². The van der Waals surface area contributed by atoms with Gasteiger partial charge in [-0.15, -0.1) is 11.8 Å². The highest BCUT2D eigenvalue weighted by molar-refractivity contribution is 8.07. The second-order valence-corrected chi connectivity index (χ2v) is 9.02. The van der Waals surface area contributed by atoms with Crippen molar-refractivity contribution < 1.29 is 22.8 Å². The third kappa shape index (κ3) is 5.34. The van der Waals surface area contributed by atoms with Gasteiger partial charge in [-0.2, -0.15) is 24.9 Å². The van der Waals surface area contributed by atoms with Crippen LogP contribution in [-0.4, -0.2) is 52.3 Å². The first-order chi connectivity index (χ1) is 12.8. The zero-order chi connectivity index (χ0) is 19.4. The summed E-state index contributed by atoms with van der Waals surface area (Å²) in [6.07, 6.45) is -3.28. The lowest BCUT2D eigenvalue weighted by Gasteiger charge is -2.28. The predicted octanol–water partition coefficient (Wildman–Crippen LogP) is 3.33. The minimum absolute atomic E-state index is 0.0242. The summed E-state index contributed by atoms with van der Waals surface area (Å²) in [5.74, 6) is 2.36.